The molecule has 0 aromatic rings. The smallest absolute Gasteiger partial charge is 0.416 e. The summed E-state index contributed by atoms with van der Waals surface area (Å²) in [4.78, 5) is 0. The van der Waals surface area contributed by atoms with Gasteiger partial charge in [0, 0.05) is 0 Å². The molecule has 0 saturated heterocycles. The molecular weight excluding hydrogens is 145 g/mol. The normalized spacial score (nSPS) is 18.1. The van der Waals surface area contributed by atoms with Gasteiger partial charge in [-0.15, -0.1) is 0 Å². The van der Waals surface area contributed by atoms with Gasteiger partial charge in [-0.2, -0.15) is 13.2 Å². The van der Waals surface area contributed by atoms with Crippen molar-refractivity contribution in [2.24, 2.45) is 0 Å². The van der Waals surface area contributed by atoms with Gasteiger partial charge in [0.15, 0.2) is 0 Å². The van der Waals surface area contributed by atoms with Gasteiger partial charge >= 0.3 is 6.18 Å². The number of rotatable bonds is 0. The van der Waals surface area contributed by atoms with Crippen LogP contribution in [0.1, 0.15) is 0 Å². The number of allylic oxidation sites excluding steroid dienone is 2. The molecule has 4 heteroatoms. The Balaban J connectivity index is 2.73. The molecule has 0 spiro atoms. The van der Waals surface area contributed by atoms with E-state index in [-0.39, 0.29) is 6.61 Å². The Morgan fingerprint density at radius 2 is 2.10 bits per heavy atom. The Morgan fingerprint density at radius 1 is 1.40 bits per heavy atom. The first-order chi connectivity index (χ1) is 4.61. The van der Waals surface area contributed by atoms with Crippen LogP contribution in [0.3, 0.4) is 0 Å². The fraction of sp³-hybridized carbons (Fsp3) is 0.333. The van der Waals surface area contributed by atoms with Crippen molar-refractivity contribution in [1.82, 2.24) is 0 Å². The van der Waals surface area contributed by atoms with E-state index < -0.39 is 11.7 Å². The van der Waals surface area contributed by atoms with E-state index in [0.717, 1.165) is 18.4 Å². The standard InChI is InChI=1S/C6H5F3O/c7-6(8,9)5-1-3-10-4-2-5/h1-3H,4H2. The molecule has 10 heavy (non-hydrogen) atoms. The number of hydrogen-bond donors (Lipinski definition) is 0. The van der Waals surface area contributed by atoms with E-state index in [0.29, 0.717) is 0 Å². The summed E-state index contributed by atoms with van der Waals surface area (Å²) in [5, 5.41) is 0. The maximum atomic E-state index is 11.8. The molecule has 0 amide bonds. The van der Waals surface area contributed by atoms with E-state index >= 15 is 0 Å². The molecule has 0 unspecified atom stereocenters. The van der Waals surface area contributed by atoms with E-state index in [9.17, 15) is 13.2 Å². The largest absolute Gasteiger partial charge is 0.497 e. The predicted molar refractivity (Wildman–Crippen MR) is 29.2 cm³/mol. The minimum Gasteiger partial charge on any atom is -0.497 e. The van der Waals surface area contributed by atoms with Gasteiger partial charge in [0.25, 0.3) is 0 Å². The number of alkyl halides is 3. The molecule has 0 saturated carbocycles. The lowest BCUT2D eigenvalue weighted by Gasteiger charge is -2.10. The van der Waals surface area contributed by atoms with Gasteiger partial charge < -0.3 is 4.74 Å². The van der Waals surface area contributed by atoms with E-state index in [4.69, 9.17) is 0 Å². The van der Waals surface area contributed by atoms with Crippen molar-refractivity contribution in [2.75, 3.05) is 6.61 Å². The first-order valence-corrected chi connectivity index (χ1v) is 2.66. The Hall–Kier alpha value is -0.930. The molecule has 1 heterocycles. The fourth-order valence-corrected chi connectivity index (χ4v) is 0.593. The van der Waals surface area contributed by atoms with Gasteiger partial charge in [-0.3, -0.25) is 0 Å². The maximum Gasteiger partial charge on any atom is 0.416 e. The Labute approximate surface area is 55.8 Å². The molecule has 0 aliphatic carbocycles. The minimum absolute atomic E-state index is 0.00530. The summed E-state index contributed by atoms with van der Waals surface area (Å²) in [6.45, 7) is 0.00530. The zero-order valence-electron chi connectivity index (χ0n) is 4.98. The third-order valence-corrected chi connectivity index (χ3v) is 1.07. The molecule has 56 valence electrons. The minimum atomic E-state index is -4.24. The van der Waals surface area contributed by atoms with Gasteiger partial charge in [0.2, 0.25) is 0 Å². The molecular formula is C6H5F3O. The lowest BCUT2D eigenvalue weighted by atomic mass is 10.2. The number of hydrogen-bond acceptors (Lipinski definition) is 1. The molecule has 1 rings (SSSR count). The molecule has 0 aromatic carbocycles. The van der Waals surface area contributed by atoms with Gasteiger partial charge in [-0.1, -0.05) is 0 Å². The second-order valence-electron chi connectivity index (χ2n) is 1.79. The van der Waals surface area contributed by atoms with Crippen molar-refractivity contribution in [3.8, 4) is 0 Å². The van der Waals surface area contributed by atoms with Crippen molar-refractivity contribution < 1.29 is 17.9 Å². The summed E-state index contributed by atoms with van der Waals surface area (Å²) < 4.78 is 39.8. The highest BCUT2D eigenvalue weighted by Crippen LogP contribution is 2.27. The van der Waals surface area contributed by atoms with Crippen LogP contribution in [0.2, 0.25) is 0 Å². The highest BCUT2D eigenvalue weighted by Gasteiger charge is 2.32. The van der Waals surface area contributed by atoms with Crippen LogP contribution in [0.15, 0.2) is 24.0 Å². The van der Waals surface area contributed by atoms with Gasteiger partial charge in [0.05, 0.1) is 11.8 Å². The zero-order chi connectivity index (χ0) is 7.61. The second kappa shape index (κ2) is 2.36. The predicted octanol–water partition coefficient (Wildman–Crippen LogP) is 2.02. The lowest BCUT2D eigenvalue weighted by Crippen LogP contribution is -2.12. The van der Waals surface area contributed by atoms with Gasteiger partial charge in [0.1, 0.15) is 6.61 Å². The van der Waals surface area contributed by atoms with Crippen LogP contribution in [0.25, 0.3) is 0 Å². The first kappa shape index (κ1) is 7.18. The van der Waals surface area contributed by atoms with Crippen LogP contribution in [-0.4, -0.2) is 12.8 Å². The molecule has 0 N–H and O–H groups in total. The quantitative estimate of drug-likeness (QED) is 0.513. The summed E-state index contributed by atoms with van der Waals surface area (Å²) in [5.41, 5.74) is -0.640. The summed E-state index contributed by atoms with van der Waals surface area (Å²) in [7, 11) is 0. The van der Waals surface area contributed by atoms with Crippen molar-refractivity contribution in [3.05, 3.63) is 24.0 Å². The molecule has 1 nitrogen and oxygen atoms in total. The molecule has 0 bridgehead atoms. The fourth-order valence-electron chi connectivity index (χ4n) is 0.593. The van der Waals surface area contributed by atoms with Crippen LogP contribution in [0, 0.1) is 0 Å². The monoisotopic (exact) mass is 150 g/mol. The lowest BCUT2D eigenvalue weighted by molar-refractivity contribution is -0.0893. The van der Waals surface area contributed by atoms with Crippen LogP contribution >= 0.6 is 0 Å². The van der Waals surface area contributed by atoms with Crippen molar-refractivity contribution in [1.29, 1.82) is 0 Å². The molecule has 1 aliphatic heterocycles. The summed E-state index contributed by atoms with van der Waals surface area (Å²) in [5.74, 6) is 0. The average Bonchev–Trinajstić information content (AvgIpc) is 1.88. The highest BCUT2D eigenvalue weighted by molar-refractivity contribution is 5.24. The SMILES string of the molecule is FC(F)(F)C1=CCOC=C1. The Morgan fingerprint density at radius 3 is 2.40 bits per heavy atom. The van der Waals surface area contributed by atoms with Crippen LogP contribution in [0.5, 0.6) is 0 Å². The van der Waals surface area contributed by atoms with Crippen molar-refractivity contribution in [3.63, 3.8) is 0 Å². The topological polar surface area (TPSA) is 9.23 Å². The summed E-state index contributed by atoms with van der Waals surface area (Å²) in [6.07, 6.45) is -1.29. The molecule has 0 aromatic heterocycles. The summed E-state index contributed by atoms with van der Waals surface area (Å²) >= 11 is 0. The van der Waals surface area contributed by atoms with Crippen LogP contribution in [0.4, 0.5) is 13.2 Å². The molecule has 1 aliphatic rings. The maximum absolute atomic E-state index is 11.8. The van der Waals surface area contributed by atoms with E-state index in [1.807, 2.05) is 0 Å². The average molecular weight is 150 g/mol. The van der Waals surface area contributed by atoms with Gasteiger partial charge in [-0.25, -0.2) is 0 Å². The van der Waals surface area contributed by atoms with Crippen molar-refractivity contribution in [2.45, 2.75) is 6.18 Å². The van der Waals surface area contributed by atoms with Crippen LogP contribution in [-0.2, 0) is 4.74 Å². The summed E-state index contributed by atoms with van der Waals surface area (Å²) in [6, 6.07) is 0. The second-order valence-corrected chi connectivity index (χ2v) is 1.79. The van der Waals surface area contributed by atoms with Gasteiger partial charge in [-0.05, 0) is 12.2 Å². The third-order valence-electron chi connectivity index (χ3n) is 1.07. The zero-order valence-corrected chi connectivity index (χ0v) is 4.98. The molecule has 0 fully saturated rings. The number of halogens is 3. The Bertz CT molecular complexity index is 178. The first-order valence-electron chi connectivity index (χ1n) is 2.66. The van der Waals surface area contributed by atoms with Crippen molar-refractivity contribution >= 4 is 0 Å². The van der Waals surface area contributed by atoms with E-state index in [2.05, 4.69) is 4.74 Å². The third kappa shape index (κ3) is 1.52. The molecule has 0 atom stereocenters. The number of ether oxygens (including phenoxy) is 1. The molecule has 0 radical (unpaired) electrons. The van der Waals surface area contributed by atoms with E-state index in [1.165, 1.54) is 0 Å². The Kier molecular flexibility index (Phi) is 1.70. The van der Waals surface area contributed by atoms with Crippen LogP contribution < -0.4 is 0 Å². The highest BCUT2D eigenvalue weighted by atomic mass is 19.4. The van der Waals surface area contributed by atoms with E-state index in [1.54, 1.807) is 0 Å².